The Balaban J connectivity index is 1.45. The fourth-order valence-corrected chi connectivity index (χ4v) is 4.23. The van der Waals surface area contributed by atoms with Gasteiger partial charge in [0.1, 0.15) is 5.82 Å². The normalized spacial score (nSPS) is 20.5. The van der Waals surface area contributed by atoms with E-state index in [1.807, 2.05) is 4.90 Å². The van der Waals surface area contributed by atoms with Crippen molar-refractivity contribution in [2.45, 2.75) is 57.0 Å². The second-order valence-electron chi connectivity index (χ2n) is 7.74. The van der Waals surface area contributed by atoms with Crippen LogP contribution in [0.25, 0.3) is 0 Å². The van der Waals surface area contributed by atoms with Crippen LogP contribution in [-0.2, 0) is 11.3 Å². The largest absolute Gasteiger partial charge is 0.352 e. The Kier molecular flexibility index (Phi) is 5.41. The number of anilines is 1. The summed E-state index contributed by atoms with van der Waals surface area (Å²) in [6.07, 6.45) is 6.17. The molecule has 2 fully saturated rings. The summed E-state index contributed by atoms with van der Waals surface area (Å²) in [5.74, 6) is 0.198. The highest BCUT2D eigenvalue weighted by Crippen LogP contribution is 2.32. The molecule has 1 aliphatic carbocycles. The van der Waals surface area contributed by atoms with E-state index in [0.717, 1.165) is 18.4 Å². The molecule has 7 heteroatoms. The van der Waals surface area contributed by atoms with Crippen molar-refractivity contribution in [3.63, 3.8) is 0 Å². The van der Waals surface area contributed by atoms with Crippen molar-refractivity contribution in [3.05, 3.63) is 57.8 Å². The van der Waals surface area contributed by atoms with E-state index in [1.54, 1.807) is 12.1 Å². The molecule has 1 aliphatic heterocycles. The highest BCUT2D eigenvalue weighted by molar-refractivity contribution is 5.80. The second kappa shape index (κ2) is 8.12. The molecule has 0 unspecified atom stereocenters. The molecule has 1 aromatic carbocycles. The zero-order valence-corrected chi connectivity index (χ0v) is 15.8. The number of nitrogens with one attached hydrogen (secondary N) is 2. The summed E-state index contributed by atoms with van der Waals surface area (Å²) < 4.78 is 13.0. The molecule has 2 aromatic rings. The van der Waals surface area contributed by atoms with E-state index >= 15 is 0 Å². The van der Waals surface area contributed by atoms with Gasteiger partial charge >= 0.3 is 0 Å². The molecule has 0 bridgehead atoms. The zero-order valence-electron chi connectivity index (χ0n) is 15.8. The molecule has 4 rings (SSSR count). The number of amides is 1. The van der Waals surface area contributed by atoms with Gasteiger partial charge in [0, 0.05) is 37.5 Å². The highest BCUT2D eigenvalue weighted by Gasteiger charge is 2.36. The topological polar surface area (TPSA) is 78.1 Å². The third kappa shape index (κ3) is 4.24. The molecule has 0 spiro atoms. The Morgan fingerprint density at radius 1 is 1.14 bits per heavy atom. The van der Waals surface area contributed by atoms with Gasteiger partial charge in [0.15, 0.2) is 0 Å². The first kappa shape index (κ1) is 18.7. The first-order valence-electron chi connectivity index (χ1n) is 9.97. The van der Waals surface area contributed by atoms with Crippen LogP contribution in [0.4, 0.5) is 10.3 Å². The molecule has 1 aromatic heterocycles. The number of carbonyl (C=O) groups excluding carboxylic acids is 1. The van der Waals surface area contributed by atoms with Crippen molar-refractivity contribution >= 4 is 11.9 Å². The van der Waals surface area contributed by atoms with Crippen molar-refractivity contribution in [2.24, 2.45) is 0 Å². The van der Waals surface area contributed by atoms with Crippen LogP contribution in [-0.4, -0.2) is 33.4 Å². The lowest BCUT2D eigenvalue weighted by atomic mass is 9.94. The van der Waals surface area contributed by atoms with E-state index in [9.17, 15) is 14.0 Å². The van der Waals surface area contributed by atoms with Gasteiger partial charge in [0.2, 0.25) is 11.9 Å². The van der Waals surface area contributed by atoms with E-state index in [4.69, 9.17) is 0 Å². The fraction of sp³-hybridized carbons (Fsp3) is 0.476. The van der Waals surface area contributed by atoms with Crippen LogP contribution in [0.15, 0.2) is 35.1 Å². The molecule has 0 radical (unpaired) electrons. The molecule has 1 amide bonds. The SMILES string of the molecule is O=C1C[C@@H](c2cc(=O)[nH]c(NCc3ccc(F)cc3)n2)CN1C1CCCCC1. The summed E-state index contributed by atoms with van der Waals surface area (Å²) >= 11 is 0. The van der Waals surface area contributed by atoms with Gasteiger partial charge in [-0.3, -0.25) is 14.6 Å². The summed E-state index contributed by atoms with van der Waals surface area (Å²) in [5.41, 5.74) is 1.29. The Morgan fingerprint density at radius 2 is 1.89 bits per heavy atom. The van der Waals surface area contributed by atoms with Gasteiger partial charge in [0.05, 0.1) is 5.69 Å². The molecular weight excluding hydrogens is 359 g/mol. The lowest BCUT2D eigenvalue weighted by molar-refractivity contribution is -0.130. The molecule has 2 heterocycles. The lowest BCUT2D eigenvalue weighted by Gasteiger charge is -2.31. The monoisotopic (exact) mass is 384 g/mol. The number of H-pyrrole nitrogens is 1. The first-order valence-corrected chi connectivity index (χ1v) is 9.97. The number of hydrogen-bond acceptors (Lipinski definition) is 4. The number of benzene rings is 1. The van der Waals surface area contributed by atoms with Crippen LogP contribution in [0.3, 0.4) is 0 Å². The lowest BCUT2D eigenvalue weighted by Crippen LogP contribution is -2.37. The Morgan fingerprint density at radius 3 is 2.64 bits per heavy atom. The average Bonchev–Trinajstić information content (AvgIpc) is 3.10. The van der Waals surface area contributed by atoms with Crippen LogP contribution in [0, 0.1) is 5.82 Å². The van der Waals surface area contributed by atoms with E-state index in [1.165, 1.54) is 37.5 Å². The molecule has 148 valence electrons. The van der Waals surface area contributed by atoms with E-state index in [2.05, 4.69) is 15.3 Å². The van der Waals surface area contributed by atoms with Gasteiger partial charge in [-0.25, -0.2) is 9.37 Å². The average molecular weight is 384 g/mol. The summed E-state index contributed by atoms with van der Waals surface area (Å²) in [6, 6.07) is 7.99. The van der Waals surface area contributed by atoms with Gasteiger partial charge in [-0.1, -0.05) is 31.4 Å². The highest BCUT2D eigenvalue weighted by atomic mass is 19.1. The van der Waals surface area contributed by atoms with E-state index in [-0.39, 0.29) is 23.2 Å². The number of halogens is 1. The summed E-state index contributed by atoms with van der Waals surface area (Å²) in [7, 11) is 0. The molecule has 6 nitrogen and oxygen atoms in total. The van der Waals surface area contributed by atoms with E-state index < -0.39 is 0 Å². The third-order valence-corrected chi connectivity index (χ3v) is 5.73. The van der Waals surface area contributed by atoms with Crippen LogP contribution in [0.1, 0.15) is 55.7 Å². The van der Waals surface area contributed by atoms with E-state index in [0.29, 0.717) is 37.2 Å². The Hall–Kier alpha value is -2.70. The van der Waals surface area contributed by atoms with Crippen molar-refractivity contribution in [2.75, 3.05) is 11.9 Å². The quantitative estimate of drug-likeness (QED) is 0.830. The van der Waals surface area contributed by atoms with Gasteiger partial charge in [-0.05, 0) is 30.5 Å². The maximum Gasteiger partial charge on any atom is 0.252 e. The number of nitrogens with zero attached hydrogens (tertiary/aromatic N) is 2. The molecule has 28 heavy (non-hydrogen) atoms. The minimum atomic E-state index is -0.286. The zero-order chi connectivity index (χ0) is 19.5. The first-order chi connectivity index (χ1) is 13.6. The number of carbonyl (C=O) groups is 1. The Bertz CT molecular complexity index is 890. The third-order valence-electron chi connectivity index (χ3n) is 5.73. The molecule has 2 aliphatic rings. The summed E-state index contributed by atoms with van der Waals surface area (Å²) in [4.78, 5) is 33.9. The van der Waals surface area contributed by atoms with Gasteiger partial charge in [-0.2, -0.15) is 0 Å². The minimum Gasteiger partial charge on any atom is -0.352 e. The maximum absolute atomic E-state index is 13.0. The van der Waals surface area contributed by atoms with Crippen molar-refractivity contribution < 1.29 is 9.18 Å². The summed E-state index contributed by atoms with van der Waals surface area (Å²) in [6.45, 7) is 1.06. The Labute approximate surface area is 163 Å². The van der Waals surface area contributed by atoms with Gasteiger partial charge in [-0.15, -0.1) is 0 Å². The fourth-order valence-electron chi connectivity index (χ4n) is 4.23. The molecule has 2 N–H and O–H groups in total. The minimum absolute atomic E-state index is 0.0527. The predicted molar refractivity (Wildman–Crippen MR) is 105 cm³/mol. The molecule has 1 saturated heterocycles. The van der Waals surface area contributed by atoms with Crippen molar-refractivity contribution in [1.29, 1.82) is 0 Å². The van der Waals surface area contributed by atoms with Crippen LogP contribution < -0.4 is 10.9 Å². The van der Waals surface area contributed by atoms with Crippen LogP contribution >= 0.6 is 0 Å². The molecule has 1 atom stereocenters. The van der Waals surface area contributed by atoms with Crippen molar-refractivity contribution in [3.8, 4) is 0 Å². The van der Waals surface area contributed by atoms with Crippen LogP contribution in [0.2, 0.25) is 0 Å². The van der Waals surface area contributed by atoms with Crippen molar-refractivity contribution in [1.82, 2.24) is 14.9 Å². The molecule has 1 saturated carbocycles. The maximum atomic E-state index is 13.0. The summed E-state index contributed by atoms with van der Waals surface area (Å²) in [5, 5.41) is 3.08. The van der Waals surface area contributed by atoms with Gasteiger partial charge in [0.25, 0.3) is 5.56 Å². The number of hydrogen-bond donors (Lipinski definition) is 2. The van der Waals surface area contributed by atoms with Crippen LogP contribution in [0.5, 0.6) is 0 Å². The smallest absolute Gasteiger partial charge is 0.252 e. The second-order valence-corrected chi connectivity index (χ2v) is 7.74. The predicted octanol–water partition coefficient (Wildman–Crippen LogP) is 3.17. The number of rotatable bonds is 5. The van der Waals surface area contributed by atoms with Gasteiger partial charge < -0.3 is 10.2 Å². The number of aromatic nitrogens is 2. The standard InChI is InChI=1S/C21H25FN4O2/c22-16-8-6-14(7-9-16)12-23-21-24-18(11-19(27)25-21)15-10-20(28)26(13-15)17-4-2-1-3-5-17/h6-9,11,15,17H,1-5,10,12-13H2,(H2,23,24,25,27)/t15-/m1/s1. The number of likely N-dealkylation sites (tertiary alicyclic amines) is 1. The number of aromatic amines is 1. The molecular formula is C21H25FN4O2.